The van der Waals surface area contributed by atoms with E-state index in [1.807, 2.05) is 6.92 Å². The highest BCUT2D eigenvalue weighted by molar-refractivity contribution is 7.79. The highest BCUT2D eigenvalue weighted by Crippen LogP contribution is 2.11. The summed E-state index contributed by atoms with van der Waals surface area (Å²) in [6.45, 7) is 4.15. The molecular weight excluding hydrogens is 160 g/mol. The van der Waals surface area contributed by atoms with Crippen molar-refractivity contribution in [2.45, 2.75) is 51.2 Å². The van der Waals surface area contributed by atoms with Crippen molar-refractivity contribution in [2.24, 2.45) is 0 Å². The van der Waals surface area contributed by atoms with Crippen LogP contribution in [0.2, 0.25) is 0 Å². The van der Waals surface area contributed by atoms with E-state index in [0.717, 1.165) is 32.1 Å². The summed E-state index contributed by atoms with van der Waals surface area (Å²) >= 11 is -1.60. The molecule has 0 aromatic rings. The minimum Gasteiger partial charge on any atom is -0.306 e. The topological polar surface area (TPSA) is 37.3 Å². The van der Waals surface area contributed by atoms with Gasteiger partial charge in [-0.05, 0) is 12.8 Å². The van der Waals surface area contributed by atoms with Gasteiger partial charge in [-0.3, -0.25) is 0 Å². The van der Waals surface area contributed by atoms with E-state index < -0.39 is 11.1 Å². The van der Waals surface area contributed by atoms with E-state index in [1.54, 1.807) is 0 Å². The molecule has 2 unspecified atom stereocenters. The first-order valence-electron chi connectivity index (χ1n) is 4.32. The third-order valence-electron chi connectivity index (χ3n) is 1.78. The lowest BCUT2D eigenvalue weighted by molar-refractivity contribution is 0.521. The number of unbranched alkanes of at least 4 members (excludes halogenated alkanes) is 1. The van der Waals surface area contributed by atoms with Gasteiger partial charge >= 0.3 is 0 Å². The number of rotatable bonds is 6. The van der Waals surface area contributed by atoms with E-state index in [4.69, 9.17) is 4.55 Å². The molecule has 0 aromatic heterocycles. The Hall–Kier alpha value is 0.110. The lowest BCUT2D eigenvalue weighted by Crippen LogP contribution is -2.13. The molecule has 0 amide bonds. The maximum absolute atomic E-state index is 10.7. The maximum atomic E-state index is 10.7. The van der Waals surface area contributed by atoms with Crippen LogP contribution in [0.4, 0.5) is 0 Å². The van der Waals surface area contributed by atoms with Crippen molar-refractivity contribution in [2.75, 3.05) is 0 Å². The largest absolute Gasteiger partial charge is 0.306 e. The Morgan fingerprint density at radius 1 is 1.27 bits per heavy atom. The second-order valence-corrected chi connectivity index (χ2v) is 4.05. The summed E-state index contributed by atoms with van der Waals surface area (Å²) in [6.07, 6.45) is 4.95. The first kappa shape index (κ1) is 11.1. The third kappa shape index (κ3) is 5.39. The summed E-state index contributed by atoms with van der Waals surface area (Å²) in [5.74, 6) is 0. The molecule has 2 atom stereocenters. The molecule has 0 bridgehead atoms. The van der Waals surface area contributed by atoms with Gasteiger partial charge in [-0.1, -0.05) is 33.1 Å². The second kappa shape index (κ2) is 6.80. The van der Waals surface area contributed by atoms with E-state index in [2.05, 4.69) is 6.92 Å². The molecule has 0 aliphatic rings. The predicted molar refractivity (Wildman–Crippen MR) is 49.0 cm³/mol. The fraction of sp³-hybridized carbons (Fsp3) is 1.00. The SMILES string of the molecule is CCCCC(CCC)S(=O)O. The Morgan fingerprint density at radius 2 is 1.91 bits per heavy atom. The van der Waals surface area contributed by atoms with Gasteiger partial charge in [0.2, 0.25) is 0 Å². The number of hydrogen-bond donors (Lipinski definition) is 1. The molecule has 0 aromatic carbocycles. The van der Waals surface area contributed by atoms with Crippen LogP contribution >= 0.6 is 0 Å². The van der Waals surface area contributed by atoms with Crippen molar-refractivity contribution >= 4 is 11.1 Å². The standard InChI is InChI=1S/C8H18O2S/c1-3-5-7-8(6-4-2)11(9)10/h8H,3-7H2,1-2H3,(H,9,10). The molecule has 11 heavy (non-hydrogen) atoms. The smallest absolute Gasteiger partial charge is 0.155 e. The molecule has 0 aliphatic carbocycles. The Kier molecular flexibility index (Phi) is 6.87. The molecule has 0 aliphatic heterocycles. The van der Waals surface area contributed by atoms with Crippen LogP contribution in [0, 0.1) is 0 Å². The van der Waals surface area contributed by atoms with Crippen molar-refractivity contribution in [3.8, 4) is 0 Å². The fourth-order valence-electron chi connectivity index (χ4n) is 1.10. The van der Waals surface area contributed by atoms with Gasteiger partial charge in [0.15, 0.2) is 11.1 Å². The van der Waals surface area contributed by atoms with Crippen LogP contribution in [0.1, 0.15) is 46.0 Å². The van der Waals surface area contributed by atoms with Crippen molar-refractivity contribution < 1.29 is 8.76 Å². The zero-order valence-corrected chi connectivity index (χ0v) is 8.19. The summed E-state index contributed by atoms with van der Waals surface area (Å²) < 4.78 is 19.5. The van der Waals surface area contributed by atoms with E-state index in [-0.39, 0.29) is 5.25 Å². The highest BCUT2D eigenvalue weighted by Gasteiger charge is 2.12. The van der Waals surface area contributed by atoms with Crippen LogP contribution in [0.15, 0.2) is 0 Å². The van der Waals surface area contributed by atoms with Gasteiger partial charge in [-0.15, -0.1) is 0 Å². The quantitative estimate of drug-likeness (QED) is 0.635. The van der Waals surface area contributed by atoms with Crippen LogP contribution in [0.5, 0.6) is 0 Å². The van der Waals surface area contributed by atoms with Crippen LogP contribution in [-0.4, -0.2) is 14.0 Å². The van der Waals surface area contributed by atoms with Gasteiger partial charge in [0.25, 0.3) is 0 Å². The Morgan fingerprint density at radius 3 is 2.27 bits per heavy atom. The molecule has 0 spiro atoms. The second-order valence-electron chi connectivity index (χ2n) is 2.83. The molecule has 3 heteroatoms. The molecule has 68 valence electrons. The minimum absolute atomic E-state index is 0.0138. The summed E-state index contributed by atoms with van der Waals surface area (Å²) in [5.41, 5.74) is 0. The first-order chi connectivity index (χ1) is 5.22. The minimum atomic E-state index is -1.60. The Labute approximate surface area is 71.7 Å². The molecule has 0 saturated heterocycles. The van der Waals surface area contributed by atoms with Crippen molar-refractivity contribution in [3.63, 3.8) is 0 Å². The van der Waals surface area contributed by atoms with Crippen molar-refractivity contribution in [1.29, 1.82) is 0 Å². The van der Waals surface area contributed by atoms with Crippen molar-refractivity contribution in [3.05, 3.63) is 0 Å². The van der Waals surface area contributed by atoms with Crippen LogP contribution in [0.3, 0.4) is 0 Å². The predicted octanol–water partition coefficient (Wildman–Crippen LogP) is 2.57. The molecule has 2 nitrogen and oxygen atoms in total. The van der Waals surface area contributed by atoms with E-state index >= 15 is 0 Å². The lowest BCUT2D eigenvalue weighted by Gasteiger charge is -2.09. The highest BCUT2D eigenvalue weighted by atomic mass is 32.2. The molecule has 0 heterocycles. The van der Waals surface area contributed by atoms with E-state index in [1.165, 1.54) is 0 Å². The molecule has 0 rings (SSSR count). The van der Waals surface area contributed by atoms with Gasteiger partial charge in [-0.25, -0.2) is 4.21 Å². The molecule has 0 radical (unpaired) electrons. The normalized spacial score (nSPS) is 16.3. The monoisotopic (exact) mass is 178 g/mol. The zero-order chi connectivity index (χ0) is 8.69. The van der Waals surface area contributed by atoms with Crippen LogP contribution in [-0.2, 0) is 11.1 Å². The molecule has 0 fully saturated rings. The van der Waals surface area contributed by atoms with Gasteiger partial charge < -0.3 is 4.55 Å². The Bertz CT molecular complexity index is 115. The lowest BCUT2D eigenvalue weighted by atomic mass is 10.1. The molecule has 0 saturated carbocycles. The summed E-state index contributed by atoms with van der Waals surface area (Å²) in [4.78, 5) is 0. The van der Waals surface area contributed by atoms with E-state index in [0.29, 0.717) is 0 Å². The van der Waals surface area contributed by atoms with Crippen LogP contribution < -0.4 is 0 Å². The van der Waals surface area contributed by atoms with E-state index in [9.17, 15) is 4.21 Å². The summed E-state index contributed by atoms with van der Waals surface area (Å²) in [5, 5.41) is 0.0138. The first-order valence-corrected chi connectivity index (χ1v) is 5.49. The van der Waals surface area contributed by atoms with Crippen LogP contribution in [0.25, 0.3) is 0 Å². The van der Waals surface area contributed by atoms with Gasteiger partial charge in [0.1, 0.15) is 0 Å². The number of hydrogen-bond acceptors (Lipinski definition) is 1. The average Bonchev–Trinajstić information content (AvgIpc) is 1.97. The molecule has 1 N–H and O–H groups in total. The van der Waals surface area contributed by atoms with Gasteiger partial charge in [0.05, 0.1) is 5.25 Å². The molecular formula is C8H18O2S. The summed E-state index contributed by atoms with van der Waals surface area (Å²) in [6, 6.07) is 0. The van der Waals surface area contributed by atoms with Crippen molar-refractivity contribution in [1.82, 2.24) is 0 Å². The zero-order valence-electron chi connectivity index (χ0n) is 7.38. The maximum Gasteiger partial charge on any atom is 0.155 e. The third-order valence-corrected chi connectivity index (χ3v) is 2.82. The van der Waals surface area contributed by atoms with Gasteiger partial charge in [-0.2, -0.15) is 0 Å². The summed E-state index contributed by atoms with van der Waals surface area (Å²) in [7, 11) is 0. The Balaban J connectivity index is 3.60. The fourth-order valence-corrected chi connectivity index (χ4v) is 1.91. The average molecular weight is 178 g/mol. The van der Waals surface area contributed by atoms with Gasteiger partial charge in [0, 0.05) is 0 Å².